The largest absolute Gasteiger partial charge is 0.462 e. The molecule has 20 heavy (non-hydrogen) atoms. The summed E-state index contributed by atoms with van der Waals surface area (Å²) < 4.78 is 5.05. The van der Waals surface area contributed by atoms with Gasteiger partial charge in [0.2, 0.25) is 0 Å². The molecule has 0 amide bonds. The number of aliphatic hydroxyl groups is 3. The molecule has 0 heterocycles. The number of rotatable bonds is 8. The minimum absolute atomic E-state index is 0.00757. The van der Waals surface area contributed by atoms with E-state index in [4.69, 9.17) is 20.1 Å². The fraction of sp³-hybridized carbons (Fsp3) is 0.400. The summed E-state index contributed by atoms with van der Waals surface area (Å²) in [5.74, 6) is -0.557. The van der Waals surface area contributed by atoms with E-state index in [1.807, 2.05) is 6.07 Å². The Morgan fingerprint density at radius 2 is 1.65 bits per heavy atom. The normalized spacial score (nSPS) is 11.2. The van der Waals surface area contributed by atoms with Gasteiger partial charge in [-0.25, -0.2) is 4.79 Å². The molecule has 0 saturated carbocycles. The van der Waals surface area contributed by atoms with Crippen LogP contribution in [0, 0.1) is 5.41 Å². The number of hydrogen-bond acceptors (Lipinski definition) is 5. The number of ether oxygens (including phenoxy) is 1. The average Bonchev–Trinajstić information content (AvgIpc) is 2.52. The van der Waals surface area contributed by atoms with Gasteiger partial charge in [-0.1, -0.05) is 36.9 Å². The topological polar surface area (TPSA) is 87.0 Å². The molecule has 0 aliphatic rings. The molecule has 0 aliphatic heterocycles. The Kier molecular flexibility index (Phi) is 6.38. The molecule has 0 radical (unpaired) electrons. The van der Waals surface area contributed by atoms with E-state index in [0.717, 1.165) is 0 Å². The Balaban J connectivity index is 2.50. The molecular weight excluding hydrogens is 260 g/mol. The lowest BCUT2D eigenvalue weighted by Crippen LogP contribution is -2.35. The first-order chi connectivity index (χ1) is 9.58. The molecule has 3 N–H and O–H groups in total. The molecule has 1 rings (SSSR count). The maximum absolute atomic E-state index is 11.8. The van der Waals surface area contributed by atoms with Gasteiger partial charge in [0.25, 0.3) is 0 Å². The van der Waals surface area contributed by atoms with Crippen LogP contribution in [0.3, 0.4) is 0 Å². The third-order valence-corrected chi connectivity index (χ3v) is 3.24. The molecule has 110 valence electrons. The van der Waals surface area contributed by atoms with Gasteiger partial charge in [0.15, 0.2) is 0 Å². The van der Waals surface area contributed by atoms with Gasteiger partial charge in [-0.2, -0.15) is 0 Å². The van der Waals surface area contributed by atoms with E-state index in [-0.39, 0.29) is 38.4 Å². The number of carbonyl (C=O) groups excluding carboxylic acids is 1. The maximum atomic E-state index is 11.8. The molecule has 0 saturated heterocycles. The highest BCUT2D eigenvalue weighted by Crippen LogP contribution is 2.20. The van der Waals surface area contributed by atoms with Crippen molar-refractivity contribution in [3.63, 3.8) is 0 Å². The number of hydrogen-bond donors (Lipinski definition) is 3. The minimum atomic E-state index is -1.03. The predicted molar refractivity (Wildman–Crippen MR) is 74.7 cm³/mol. The minimum Gasteiger partial charge on any atom is -0.462 e. The van der Waals surface area contributed by atoms with Crippen LogP contribution in [-0.2, 0) is 9.53 Å². The van der Waals surface area contributed by atoms with Gasteiger partial charge in [0.05, 0.1) is 32.0 Å². The van der Waals surface area contributed by atoms with Crippen molar-refractivity contribution in [1.29, 1.82) is 0 Å². The van der Waals surface area contributed by atoms with Crippen LogP contribution in [0.5, 0.6) is 0 Å². The Hall–Kier alpha value is -1.69. The van der Waals surface area contributed by atoms with E-state index < -0.39 is 11.4 Å². The molecular formula is C15H20O5. The standard InChI is InChI=1S/C15H20O5/c1-12(13-5-3-2-4-6-13)14(19)20-8-7-15(9-16,10-17)11-18/h2-6,16-18H,1,7-11H2. The smallest absolute Gasteiger partial charge is 0.338 e. The van der Waals surface area contributed by atoms with E-state index in [2.05, 4.69) is 6.58 Å². The summed E-state index contributed by atoms with van der Waals surface area (Å²) in [6.07, 6.45) is 0.171. The van der Waals surface area contributed by atoms with E-state index in [1.165, 1.54) is 0 Å². The van der Waals surface area contributed by atoms with Gasteiger partial charge >= 0.3 is 5.97 Å². The second kappa shape index (κ2) is 7.79. The van der Waals surface area contributed by atoms with Gasteiger partial charge in [0.1, 0.15) is 0 Å². The lowest BCUT2D eigenvalue weighted by Gasteiger charge is -2.26. The van der Waals surface area contributed by atoms with Gasteiger partial charge in [-0.3, -0.25) is 0 Å². The first-order valence-corrected chi connectivity index (χ1v) is 6.32. The highest BCUT2D eigenvalue weighted by atomic mass is 16.5. The van der Waals surface area contributed by atoms with Crippen LogP contribution in [-0.4, -0.2) is 47.7 Å². The van der Waals surface area contributed by atoms with Gasteiger partial charge in [-0.05, 0) is 12.0 Å². The van der Waals surface area contributed by atoms with Gasteiger partial charge < -0.3 is 20.1 Å². The fourth-order valence-corrected chi connectivity index (χ4v) is 1.59. The molecule has 0 aromatic heterocycles. The molecule has 0 fully saturated rings. The summed E-state index contributed by atoms with van der Waals surface area (Å²) in [4.78, 5) is 11.8. The molecule has 5 heteroatoms. The zero-order chi connectivity index (χ0) is 15.0. The van der Waals surface area contributed by atoms with Crippen molar-refractivity contribution in [2.24, 2.45) is 5.41 Å². The van der Waals surface area contributed by atoms with Crippen molar-refractivity contribution >= 4 is 11.5 Å². The highest BCUT2D eigenvalue weighted by Gasteiger charge is 2.28. The molecule has 0 spiro atoms. The summed E-state index contributed by atoms with van der Waals surface area (Å²) in [7, 11) is 0. The number of esters is 1. The third-order valence-electron chi connectivity index (χ3n) is 3.24. The average molecular weight is 280 g/mol. The van der Waals surface area contributed by atoms with Crippen molar-refractivity contribution in [1.82, 2.24) is 0 Å². The van der Waals surface area contributed by atoms with Crippen molar-refractivity contribution in [3.05, 3.63) is 42.5 Å². The van der Waals surface area contributed by atoms with Crippen LogP contribution >= 0.6 is 0 Å². The zero-order valence-corrected chi connectivity index (χ0v) is 11.3. The SMILES string of the molecule is C=C(C(=O)OCCC(CO)(CO)CO)c1ccccc1. The Bertz CT molecular complexity index is 429. The van der Waals surface area contributed by atoms with Crippen LogP contribution < -0.4 is 0 Å². The van der Waals surface area contributed by atoms with Crippen molar-refractivity contribution in [2.45, 2.75) is 6.42 Å². The third kappa shape index (κ3) is 4.16. The molecule has 0 unspecified atom stereocenters. The summed E-state index contributed by atoms with van der Waals surface area (Å²) in [5.41, 5.74) is -0.114. The van der Waals surface area contributed by atoms with Crippen LogP contribution in [0.2, 0.25) is 0 Å². The Morgan fingerprint density at radius 1 is 1.10 bits per heavy atom. The molecule has 1 aromatic carbocycles. The quantitative estimate of drug-likeness (QED) is 0.479. The highest BCUT2D eigenvalue weighted by molar-refractivity contribution is 6.15. The molecule has 0 bridgehead atoms. The van der Waals surface area contributed by atoms with Crippen molar-refractivity contribution < 1.29 is 24.9 Å². The summed E-state index contributed by atoms with van der Waals surface area (Å²) >= 11 is 0. The van der Waals surface area contributed by atoms with Crippen LogP contribution in [0.15, 0.2) is 36.9 Å². The Morgan fingerprint density at radius 3 is 2.15 bits per heavy atom. The van der Waals surface area contributed by atoms with Gasteiger partial charge in [0, 0.05) is 5.41 Å². The predicted octanol–water partition coefficient (Wildman–Crippen LogP) is 0.596. The second-order valence-electron chi connectivity index (χ2n) is 4.70. The summed E-state index contributed by atoms with van der Waals surface area (Å²) in [6, 6.07) is 8.93. The van der Waals surface area contributed by atoms with Crippen molar-refractivity contribution in [2.75, 3.05) is 26.4 Å². The van der Waals surface area contributed by atoms with E-state index >= 15 is 0 Å². The van der Waals surface area contributed by atoms with Crippen LogP contribution in [0.1, 0.15) is 12.0 Å². The Labute approximate surface area is 118 Å². The molecule has 1 aromatic rings. The molecule has 0 atom stereocenters. The van der Waals surface area contributed by atoms with Crippen LogP contribution in [0.25, 0.3) is 5.57 Å². The number of carbonyl (C=O) groups is 1. The first kappa shape index (κ1) is 16.4. The van der Waals surface area contributed by atoms with Crippen LogP contribution in [0.4, 0.5) is 0 Å². The van der Waals surface area contributed by atoms with Gasteiger partial charge in [-0.15, -0.1) is 0 Å². The van der Waals surface area contributed by atoms with E-state index in [9.17, 15) is 4.79 Å². The molecule has 5 nitrogen and oxygen atoms in total. The fourth-order valence-electron chi connectivity index (χ4n) is 1.59. The van der Waals surface area contributed by atoms with E-state index in [0.29, 0.717) is 5.56 Å². The first-order valence-electron chi connectivity index (χ1n) is 6.32. The van der Waals surface area contributed by atoms with Crippen molar-refractivity contribution in [3.8, 4) is 0 Å². The van der Waals surface area contributed by atoms with E-state index in [1.54, 1.807) is 24.3 Å². The lowest BCUT2D eigenvalue weighted by molar-refractivity contribution is -0.138. The number of aliphatic hydroxyl groups excluding tert-OH is 3. The maximum Gasteiger partial charge on any atom is 0.338 e. The summed E-state index contributed by atoms with van der Waals surface area (Å²) in [5, 5.41) is 27.5. The molecule has 0 aliphatic carbocycles. The monoisotopic (exact) mass is 280 g/mol. The number of benzene rings is 1. The second-order valence-corrected chi connectivity index (χ2v) is 4.70. The zero-order valence-electron chi connectivity index (χ0n) is 11.3. The lowest BCUT2D eigenvalue weighted by atomic mass is 9.88. The summed E-state index contributed by atoms with van der Waals surface area (Å²) in [6.45, 7) is 2.54.